The minimum Gasteiger partial charge on any atom is -0.403 e. The number of fused-ring (bicyclic) bond motifs is 2. The second-order valence-electron chi connectivity index (χ2n) is 8.04. The Bertz CT molecular complexity index is 1790. The van der Waals surface area contributed by atoms with Gasteiger partial charge in [-0.05, 0) is 59.7 Å². The summed E-state index contributed by atoms with van der Waals surface area (Å²) in [6.07, 6.45) is 0. The monoisotopic (exact) mass is 512 g/mol. The molecule has 0 atom stereocenters. The topological polar surface area (TPSA) is 86.2 Å². The van der Waals surface area contributed by atoms with Crippen LogP contribution in [0.25, 0.3) is 55.8 Å². The minimum absolute atomic E-state index is 0.148. The predicted molar refractivity (Wildman–Crippen MR) is 140 cm³/mol. The van der Waals surface area contributed by atoms with E-state index in [9.17, 15) is 9.59 Å². The fourth-order valence-corrected chi connectivity index (χ4v) is 4.44. The van der Waals surface area contributed by atoms with Gasteiger partial charge in [0.05, 0.1) is 43.0 Å². The van der Waals surface area contributed by atoms with Crippen LogP contribution in [0.15, 0.2) is 103 Å². The molecule has 0 aliphatic heterocycles. The zero-order valence-corrected chi connectivity index (χ0v) is 19.9. The van der Waals surface area contributed by atoms with Crippen LogP contribution in [0.3, 0.4) is 0 Å². The Morgan fingerprint density at radius 2 is 0.972 bits per heavy atom. The van der Waals surface area contributed by atoms with Crippen LogP contribution in [0.2, 0.25) is 10.0 Å². The highest BCUT2D eigenvalue weighted by Gasteiger charge is 2.15. The quantitative estimate of drug-likeness (QED) is 0.253. The van der Waals surface area contributed by atoms with Gasteiger partial charge in [-0.2, -0.15) is 0 Å². The Balaban J connectivity index is 1.43. The number of halogens is 2. The highest BCUT2D eigenvalue weighted by atomic mass is 35.5. The van der Waals surface area contributed by atoms with Gasteiger partial charge in [0, 0.05) is 0 Å². The van der Waals surface area contributed by atoms with Gasteiger partial charge >= 0.3 is 11.3 Å². The van der Waals surface area contributed by atoms with Gasteiger partial charge in [0.2, 0.25) is 11.8 Å². The largest absolute Gasteiger partial charge is 0.403 e. The second-order valence-corrected chi connectivity index (χ2v) is 8.85. The van der Waals surface area contributed by atoms with Crippen molar-refractivity contribution in [3.63, 3.8) is 0 Å². The van der Waals surface area contributed by atoms with Crippen molar-refractivity contribution >= 4 is 45.0 Å². The van der Waals surface area contributed by atoms with Crippen LogP contribution in [-0.2, 0) is 0 Å². The molecular formula is C28H14Cl2N2O4. The molecular weight excluding hydrogens is 499 g/mol. The first kappa shape index (κ1) is 22.2. The van der Waals surface area contributed by atoms with E-state index in [-0.39, 0.29) is 11.8 Å². The zero-order chi connectivity index (χ0) is 24.8. The third kappa shape index (κ3) is 3.86. The Labute approximate surface area is 213 Å². The summed E-state index contributed by atoms with van der Waals surface area (Å²) in [4.78, 5) is 34.5. The van der Waals surface area contributed by atoms with E-state index in [4.69, 9.17) is 32.0 Å². The lowest BCUT2D eigenvalue weighted by Crippen LogP contribution is -2.04. The molecule has 6 aromatic rings. The lowest BCUT2D eigenvalue weighted by molar-refractivity contribution is 0.518. The molecule has 4 aromatic carbocycles. The Kier molecular flexibility index (Phi) is 5.40. The molecule has 2 aromatic heterocycles. The number of hydrogen-bond donors (Lipinski definition) is 0. The third-order valence-electron chi connectivity index (χ3n) is 5.80. The van der Waals surface area contributed by atoms with E-state index in [0.29, 0.717) is 54.1 Å². The molecule has 6 rings (SSSR count). The van der Waals surface area contributed by atoms with Gasteiger partial charge in [-0.1, -0.05) is 59.6 Å². The number of rotatable bonds is 3. The maximum atomic E-state index is 12.8. The van der Waals surface area contributed by atoms with Crippen molar-refractivity contribution in [3.8, 4) is 34.0 Å². The fraction of sp³-hybridized carbons (Fsp3) is 0. The molecule has 0 bridgehead atoms. The molecule has 174 valence electrons. The normalized spacial score (nSPS) is 11.3. The van der Waals surface area contributed by atoms with E-state index in [1.54, 1.807) is 72.8 Å². The molecule has 2 heterocycles. The van der Waals surface area contributed by atoms with Crippen LogP contribution < -0.4 is 11.3 Å². The molecule has 0 fully saturated rings. The van der Waals surface area contributed by atoms with Crippen LogP contribution in [0.4, 0.5) is 0 Å². The highest BCUT2D eigenvalue weighted by Crippen LogP contribution is 2.30. The Morgan fingerprint density at radius 1 is 0.556 bits per heavy atom. The van der Waals surface area contributed by atoms with E-state index in [1.165, 1.54) is 0 Å². The third-order valence-corrected chi connectivity index (χ3v) is 6.46. The first-order valence-corrected chi connectivity index (χ1v) is 11.6. The van der Waals surface area contributed by atoms with Gasteiger partial charge in [0.15, 0.2) is 0 Å². The van der Waals surface area contributed by atoms with Gasteiger partial charge in [-0.15, -0.1) is 0 Å². The summed E-state index contributed by atoms with van der Waals surface area (Å²) in [6.45, 7) is 0. The van der Waals surface area contributed by atoms with Crippen LogP contribution in [0, 0.1) is 0 Å². The zero-order valence-electron chi connectivity index (χ0n) is 18.4. The first-order chi connectivity index (χ1) is 17.5. The summed E-state index contributed by atoms with van der Waals surface area (Å²) in [7, 11) is 0. The summed E-state index contributed by atoms with van der Waals surface area (Å²) in [6, 6.07) is 24.5. The minimum atomic E-state index is -0.539. The average Bonchev–Trinajstić information content (AvgIpc) is 2.89. The van der Waals surface area contributed by atoms with Gasteiger partial charge < -0.3 is 8.83 Å². The Hall–Kier alpha value is -4.26. The van der Waals surface area contributed by atoms with Gasteiger partial charge in [0.25, 0.3) is 0 Å². The Morgan fingerprint density at radius 3 is 1.39 bits per heavy atom. The van der Waals surface area contributed by atoms with Gasteiger partial charge in [-0.25, -0.2) is 19.6 Å². The van der Waals surface area contributed by atoms with Crippen LogP contribution in [0.5, 0.6) is 0 Å². The molecule has 0 aliphatic carbocycles. The standard InChI is InChI=1S/C28H14Cl2N2O4/c29-21-7-3-1-5-17(21)25-31-23-11-9-15(13-19(23)27(33)35-25)16-10-12-24-20(14-16)28(34)36-26(32-24)18-6-2-4-8-22(18)30/h1-14H. The summed E-state index contributed by atoms with van der Waals surface area (Å²) in [5.74, 6) is 0.295. The predicted octanol–water partition coefficient (Wildman–Crippen LogP) is 7.00. The molecule has 0 saturated carbocycles. The van der Waals surface area contributed by atoms with Crippen molar-refractivity contribution < 1.29 is 8.83 Å². The summed E-state index contributed by atoms with van der Waals surface area (Å²) in [5, 5.41) is 1.49. The van der Waals surface area contributed by atoms with Gasteiger partial charge in [0.1, 0.15) is 0 Å². The smallest absolute Gasteiger partial charge is 0.347 e. The molecule has 0 aliphatic rings. The van der Waals surface area contributed by atoms with Crippen molar-refractivity contribution in [1.82, 2.24) is 9.97 Å². The SMILES string of the molecule is O=c1oc(-c2ccccc2Cl)nc2ccc(-c3ccc4nc(-c5ccccc5Cl)oc(=O)c4c3)cc12. The van der Waals surface area contributed by atoms with Crippen LogP contribution in [0.1, 0.15) is 0 Å². The molecule has 8 heteroatoms. The number of aromatic nitrogens is 2. The molecule has 0 amide bonds. The lowest BCUT2D eigenvalue weighted by Gasteiger charge is -2.07. The maximum Gasteiger partial charge on any atom is 0.347 e. The molecule has 36 heavy (non-hydrogen) atoms. The van der Waals surface area contributed by atoms with E-state index < -0.39 is 11.3 Å². The molecule has 6 nitrogen and oxygen atoms in total. The van der Waals surface area contributed by atoms with Crippen LogP contribution >= 0.6 is 23.2 Å². The van der Waals surface area contributed by atoms with Crippen molar-refractivity contribution in [3.05, 3.63) is 116 Å². The molecule has 0 unspecified atom stereocenters. The van der Waals surface area contributed by atoms with Crippen molar-refractivity contribution in [2.75, 3.05) is 0 Å². The van der Waals surface area contributed by atoms with Crippen molar-refractivity contribution in [1.29, 1.82) is 0 Å². The number of benzene rings is 4. The lowest BCUT2D eigenvalue weighted by atomic mass is 10.0. The second kappa shape index (κ2) is 8.75. The molecule has 0 N–H and O–H groups in total. The van der Waals surface area contributed by atoms with Crippen molar-refractivity contribution in [2.45, 2.75) is 0 Å². The maximum absolute atomic E-state index is 12.8. The summed E-state index contributed by atoms with van der Waals surface area (Å²) in [5.41, 5.74) is 2.34. The number of nitrogens with zero attached hydrogens (tertiary/aromatic N) is 2. The first-order valence-electron chi connectivity index (χ1n) is 10.9. The summed E-state index contributed by atoms with van der Waals surface area (Å²) >= 11 is 12.5. The summed E-state index contributed by atoms with van der Waals surface area (Å²) < 4.78 is 10.9. The molecule has 0 radical (unpaired) electrons. The van der Waals surface area contributed by atoms with E-state index in [2.05, 4.69) is 9.97 Å². The van der Waals surface area contributed by atoms with Crippen LogP contribution in [-0.4, -0.2) is 9.97 Å². The highest BCUT2D eigenvalue weighted by molar-refractivity contribution is 6.33. The average molecular weight is 513 g/mol. The molecule has 0 spiro atoms. The van der Waals surface area contributed by atoms with E-state index in [1.807, 2.05) is 12.1 Å². The van der Waals surface area contributed by atoms with Gasteiger partial charge in [-0.3, -0.25) is 0 Å². The van der Waals surface area contributed by atoms with E-state index >= 15 is 0 Å². The molecule has 0 saturated heterocycles. The van der Waals surface area contributed by atoms with Crippen molar-refractivity contribution in [2.24, 2.45) is 0 Å². The fourth-order valence-electron chi connectivity index (χ4n) is 4.00. The van der Waals surface area contributed by atoms with E-state index in [0.717, 1.165) is 0 Å². The number of hydrogen-bond acceptors (Lipinski definition) is 6.